The summed E-state index contributed by atoms with van der Waals surface area (Å²) >= 11 is 0. The maximum atomic E-state index is 11.6. The van der Waals surface area contributed by atoms with Crippen LogP contribution in [0.5, 0.6) is 0 Å². The van der Waals surface area contributed by atoms with Crippen LogP contribution in [-0.4, -0.2) is 36.5 Å². The number of hydrogen-bond donors (Lipinski definition) is 1. The third-order valence-corrected chi connectivity index (χ3v) is 3.80. The number of hydrogen-bond acceptors (Lipinski definition) is 2. The number of benzene rings is 1. The quantitative estimate of drug-likeness (QED) is 0.861. The molecule has 1 fully saturated rings. The Morgan fingerprint density at radius 1 is 1.39 bits per heavy atom. The summed E-state index contributed by atoms with van der Waals surface area (Å²) in [4.78, 5) is 13.6. The molecule has 1 aromatic rings. The van der Waals surface area contributed by atoms with E-state index in [4.69, 9.17) is 0 Å². The number of carbonyl (C=O) groups is 1. The van der Waals surface area contributed by atoms with E-state index in [-0.39, 0.29) is 5.91 Å². The number of nitrogens with zero attached hydrogens (tertiary/aromatic N) is 1. The minimum Gasteiger partial charge on any atom is -0.337 e. The maximum Gasteiger partial charge on any atom is 0.219 e. The van der Waals surface area contributed by atoms with Crippen molar-refractivity contribution >= 4 is 5.91 Å². The number of nitrogens with one attached hydrogen (secondary N) is 1. The molecule has 1 aliphatic heterocycles. The van der Waals surface area contributed by atoms with Crippen LogP contribution < -0.4 is 5.32 Å². The summed E-state index contributed by atoms with van der Waals surface area (Å²) in [6.07, 6.45) is 0.938. The smallest absolute Gasteiger partial charge is 0.219 e. The van der Waals surface area contributed by atoms with Gasteiger partial charge in [0.1, 0.15) is 0 Å². The van der Waals surface area contributed by atoms with Gasteiger partial charge in [-0.25, -0.2) is 0 Å². The Balaban J connectivity index is 2.10. The second-order valence-corrected chi connectivity index (χ2v) is 5.19. The maximum absolute atomic E-state index is 11.6. The van der Waals surface area contributed by atoms with E-state index < -0.39 is 0 Å². The molecule has 1 saturated heterocycles. The second-order valence-electron chi connectivity index (χ2n) is 5.19. The lowest BCUT2D eigenvalue weighted by Crippen LogP contribution is -2.53. The Morgan fingerprint density at radius 2 is 2.17 bits per heavy atom. The van der Waals surface area contributed by atoms with E-state index in [1.165, 1.54) is 16.7 Å². The van der Waals surface area contributed by atoms with Gasteiger partial charge < -0.3 is 10.2 Å². The molecule has 98 valence electrons. The van der Waals surface area contributed by atoms with Crippen LogP contribution in [0.2, 0.25) is 0 Å². The lowest BCUT2D eigenvalue weighted by molar-refractivity contribution is -0.131. The third kappa shape index (κ3) is 2.91. The molecule has 1 aromatic carbocycles. The minimum absolute atomic E-state index is 0.185. The highest BCUT2D eigenvalue weighted by molar-refractivity contribution is 5.73. The number of aryl methyl sites for hydroxylation is 2. The summed E-state index contributed by atoms with van der Waals surface area (Å²) in [5, 5.41) is 3.37. The Kier molecular flexibility index (Phi) is 4.02. The van der Waals surface area contributed by atoms with E-state index >= 15 is 0 Å². The molecule has 0 aliphatic carbocycles. The monoisotopic (exact) mass is 246 g/mol. The predicted molar refractivity (Wildman–Crippen MR) is 73.7 cm³/mol. The van der Waals surface area contributed by atoms with Crippen LogP contribution in [0.1, 0.15) is 23.6 Å². The van der Waals surface area contributed by atoms with E-state index in [1.54, 1.807) is 6.92 Å². The van der Waals surface area contributed by atoms with E-state index in [2.05, 4.69) is 37.4 Å². The summed E-state index contributed by atoms with van der Waals surface area (Å²) in [5.41, 5.74) is 3.97. The minimum atomic E-state index is 0.185. The third-order valence-electron chi connectivity index (χ3n) is 3.80. The molecule has 18 heavy (non-hydrogen) atoms. The van der Waals surface area contributed by atoms with Crippen molar-refractivity contribution < 1.29 is 4.79 Å². The molecule has 3 nitrogen and oxygen atoms in total. The second kappa shape index (κ2) is 5.53. The molecule has 0 radical (unpaired) electrons. The van der Waals surface area contributed by atoms with Crippen molar-refractivity contribution in [3.63, 3.8) is 0 Å². The number of piperazine rings is 1. The van der Waals surface area contributed by atoms with Gasteiger partial charge in [-0.3, -0.25) is 4.79 Å². The molecule has 0 spiro atoms. The molecule has 3 heteroatoms. The molecule has 1 heterocycles. The average molecular weight is 246 g/mol. The first-order valence-corrected chi connectivity index (χ1v) is 6.62. The highest BCUT2D eigenvalue weighted by Crippen LogP contribution is 2.15. The summed E-state index contributed by atoms with van der Waals surface area (Å²) in [6, 6.07) is 6.87. The highest BCUT2D eigenvalue weighted by Gasteiger charge is 2.24. The Morgan fingerprint density at radius 3 is 2.83 bits per heavy atom. The van der Waals surface area contributed by atoms with E-state index in [0.29, 0.717) is 6.04 Å². The fourth-order valence-electron chi connectivity index (χ4n) is 2.56. The molecule has 1 atom stereocenters. The molecule has 0 saturated carbocycles. The van der Waals surface area contributed by atoms with Gasteiger partial charge >= 0.3 is 0 Å². The van der Waals surface area contributed by atoms with Crippen molar-refractivity contribution in [3.05, 3.63) is 34.9 Å². The molecule has 0 aromatic heterocycles. The molecule has 1 N–H and O–H groups in total. The summed E-state index contributed by atoms with van der Waals surface area (Å²) in [7, 11) is 0. The molecular weight excluding hydrogens is 224 g/mol. The number of carbonyl (C=O) groups excluding carboxylic acids is 1. The SMILES string of the molecule is CC(=O)N1CCNCC1Cc1ccc(C)c(C)c1. The number of rotatable bonds is 2. The topological polar surface area (TPSA) is 32.3 Å². The lowest BCUT2D eigenvalue weighted by Gasteiger charge is -2.35. The molecular formula is C15H22N2O. The van der Waals surface area contributed by atoms with E-state index in [1.807, 2.05) is 4.90 Å². The van der Waals surface area contributed by atoms with Crippen LogP contribution in [0, 0.1) is 13.8 Å². The standard InChI is InChI=1S/C15H22N2O/c1-11-4-5-14(8-12(11)2)9-15-10-16-6-7-17(15)13(3)18/h4-5,8,15-16H,6-7,9-10H2,1-3H3. The molecule has 1 unspecified atom stereocenters. The van der Waals surface area contributed by atoms with Crippen LogP contribution in [0.4, 0.5) is 0 Å². The molecule has 2 rings (SSSR count). The van der Waals surface area contributed by atoms with Crippen LogP contribution in [0.15, 0.2) is 18.2 Å². The van der Waals surface area contributed by atoms with Gasteiger partial charge in [-0.1, -0.05) is 18.2 Å². The van der Waals surface area contributed by atoms with Gasteiger partial charge in [0.05, 0.1) is 0 Å². The molecule has 0 bridgehead atoms. The Labute approximate surface area is 109 Å². The van der Waals surface area contributed by atoms with Crippen molar-refractivity contribution in [1.82, 2.24) is 10.2 Å². The van der Waals surface area contributed by atoms with E-state index in [0.717, 1.165) is 26.1 Å². The van der Waals surface area contributed by atoms with Crippen molar-refractivity contribution in [1.29, 1.82) is 0 Å². The van der Waals surface area contributed by atoms with Crippen LogP contribution in [0.25, 0.3) is 0 Å². The Hall–Kier alpha value is -1.35. The first-order chi connectivity index (χ1) is 8.58. The summed E-state index contributed by atoms with van der Waals surface area (Å²) in [6.45, 7) is 8.56. The lowest BCUT2D eigenvalue weighted by atomic mass is 9.99. The zero-order valence-corrected chi connectivity index (χ0v) is 11.5. The van der Waals surface area contributed by atoms with E-state index in [9.17, 15) is 4.79 Å². The summed E-state index contributed by atoms with van der Waals surface area (Å²) in [5.74, 6) is 0.185. The molecule has 1 amide bonds. The number of amides is 1. The van der Waals surface area contributed by atoms with Gasteiger partial charge in [0, 0.05) is 32.6 Å². The van der Waals surface area contributed by atoms with Crippen LogP contribution in [-0.2, 0) is 11.2 Å². The Bertz CT molecular complexity index is 442. The zero-order chi connectivity index (χ0) is 13.1. The van der Waals surface area contributed by atoms with Gasteiger partial charge in [-0.2, -0.15) is 0 Å². The zero-order valence-electron chi connectivity index (χ0n) is 11.5. The largest absolute Gasteiger partial charge is 0.337 e. The fourth-order valence-corrected chi connectivity index (χ4v) is 2.56. The van der Waals surface area contributed by atoms with Gasteiger partial charge in [0.25, 0.3) is 0 Å². The van der Waals surface area contributed by atoms with Crippen molar-refractivity contribution in [3.8, 4) is 0 Å². The first-order valence-electron chi connectivity index (χ1n) is 6.62. The predicted octanol–water partition coefficient (Wildman–Crippen LogP) is 1.67. The molecule has 1 aliphatic rings. The van der Waals surface area contributed by atoms with Crippen LogP contribution in [0.3, 0.4) is 0 Å². The van der Waals surface area contributed by atoms with Crippen molar-refractivity contribution in [2.45, 2.75) is 33.2 Å². The van der Waals surface area contributed by atoms with Gasteiger partial charge in [0.2, 0.25) is 5.91 Å². The van der Waals surface area contributed by atoms with Gasteiger partial charge in [-0.05, 0) is 37.0 Å². The normalized spacial score (nSPS) is 19.9. The van der Waals surface area contributed by atoms with Crippen LogP contribution >= 0.6 is 0 Å². The van der Waals surface area contributed by atoms with Crippen molar-refractivity contribution in [2.24, 2.45) is 0 Å². The highest BCUT2D eigenvalue weighted by atomic mass is 16.2. The van der Waals surface area contributed by atoms with Gasteiger partial charge in [-0.15, -0.1) is 0 Å². The fraction of sp³-hybridized carbons (Fsp3) is 0.533. The summed E-state index contributed by atoms with van der Waals surface area (Å²) < 4.78 is 0. The average Bonchev–Trinajstić information content (AvgIpc) is 2.34. The first kappa shape index (κ1) is 13.1. The van der Waals surface area contributed by atoms with Gasteiger partial charge in [0.15, 0.2) is 0 Å². The van der Waals surface area contributed by atoms with Crippen molar-refractivity contribution in [2.75, 3.05) is 19.6 Å².